The Balaban J connectivity index is 1.87. The van der Waals surface area contributed by atoms with Crippen molar-refractivity contribution < 1.29 is 0 Å². The maximum absolute atomic E-state index is 6.39. The fourth-order valence-corrected chi connectivity index (χ4v) is 4.16. The molecule has 144 valence electrons. The molecule has 1 aliphatic heterocycles. The lowest BCUT2D eigenvalue weighted by atomic mass is 9.91. The highest BCUT2D eigenvalue weighted by atomic mass is 15.3. The van der Waals surface area contributed by atoms with Gasteiger partial charge in [0.2, 0.25) is 0 Å². The van der Waals surface area contributed by atoms with Crippen LogP contribution >= 0.6 is 0 Å². The second kappa shape index (κ2) is 8.40. The number of anilines is 1. The number of nitrogens with one attached hydrogen (secondary N) is 1. The van der Waals surface area contributed by atoms with E-state index in [-0.39, 0.29) is 12.1 Å². The second-order valence-corrected chi connectivity index (χ2v) is 8.16. The van der Waals surface area contributed by atoms with Gasteiger partial charge in [-0.15, -0.1) is 0 Å². The first-order valence-corrected chi connectivity index (χ1v) is 10.1. The van der Waals surface area contributed by atoms with E-state index in [0.717, 1.165) is 45.0 Å². The SMILES string of the molecule is Cc1cc(C)c(NC(=N[C@H]2CCCC[C@@H]2N)N2CCN(C)CC2)c(C)c1. The number of rotatable bonds is 2. The summed E-state index contributed by atoms with van der Waals surface area (Å²) in [6, 6.07) is 4.90. The molecule has 1 heterocycles. The van der Waals surface area contributed by atoms with Crippen LogP contribution in [0.15, 0.2) is 17.1 Å². The van der Waals surface area contributed by atoms with E-state index in [1.165, 1.54) is 35.2 Å². The number of nitrogens with two attached hydrogens (primary N) is 1. The highest BCUT2D eigenvalue weighted by Gasteiger charge is 2.25. The summed E-state index contributed by atoms with van der Waals surface area (Å²) in [5.74, 6) is 1.01. The molecular weight excluding hydrogens is 322 g/mol. The molecule has 1 aromatic carbocycles. The summed E-state index contributed by atoms with van der Waals surface area (Å²) in [7, 11) is 2.19. The van der Waals surface area contributed by atoms with Gasteiger partial charge in [-0.25, -0.2) is 4.99 Å². The average molecular weight is 358 g/mol. The third-order valence-electron chi connectivity index (χ3n) is 5.79. The molecule has 3 N–H and O–H groups in total. The minimum absolute atomic E-state index is 0.188. The maximum Gasteiger partial charge on any atom is 0.198 e. The molecule has 0 bridgehead atoms. The van der Waals surface area contributed by atoms with Gasteiger partial charge in [0.05, 0.1) is 6.04 Å². The molecule has 0 spiro atoms. The van der Waals surface area contributed by atoms with Crippen LogP contribution in [-0.2, 0) is 0 Å². The molecule has 1 aliphatic carbocycles. The van der Waals surface area contributed by atoms with Gasteiger partial charge in [-0.05, 0) is 51.8 Å². The number of aryl methyl sites for hydroxylation is 3. The van der Waals surface area contributed by atoms with Gasteiger partial charge in [-0.3, -0.25) is 0 Å². The smallest absolute Gasteiger partial charge is 0.198 e. The Morgan fingerprint density at radius 3 is 2.27 bits per heavy atom. The van der Waals surface area contributed by atoms with E-state index >= 15 is 0 Å². The van der Waals surface area contributed by atoms with E-state index in [2.05, 4.69) is 55.1 Å². The van der Waals surface area contributed by atoms with Crippen LogP contribution in [0.1, 0.15) is 42.4 Å². The van der Waals surface area contributed by atoms with Crippen LogP contribution in [0.2, 0.25) is 0 Å². The Morgan fingerprint density at radius 1 is 1.04 bits per heavy atom. The van der Waals surface area contributed by atoms with Crippen molar-refractivity contribution in [1.29, 1.82) is 0 Å². The van der Waals surface area contributed by atoms with Crippen molar-refractivity contribution in [3.63, 3.8) is 0 Å². The van der Waals surface area contributed by atoms with Gasteiger partial charge in [-0.1, -0.05) is 30.5 Å². The third-order valence-corrected chi connectivity index (χ3v) is 5.79. The lowest BCUT2D eigenvalue weighted by Gasteiger charge is -2.36. The number of guanidine groups is 1. The van der Waals surface area contributed by atoms with E-state index in [0.29, 0.717) is 0 Å². The summed E-state index contributed by atoms with van der Waals surface area (Å²) in [4.78, 5) is 9.93. The van der Waals surface area contributed by atoms with Crippen LogP contribution in [0.25, 0.3) is 0 Å². The molecular formula is C21H35N5. The van der Waals surface area contributed by atoms with Gasteiger partial charge in [-0.2, -0.15) is 0 Å². The topological polar surface area (TPSA) is 56.9 Å². The highest BCUT2D eigenvalue weighted by molar-refractivity contribution is 5.95. The summed E-state index contributed by atoms with van der Waals surface area (Å²) in [5, 5.41) is 3.70. The first-order valence-electron chi connectivity index (χ1n) is 10.1. The van der Waals surface area contributed by atoms with Crippen LogP contribution in [0.4, 0.5) is 5.69 Å². The molecule has 2 fully saturated rings. The Morgan fingerprint density at radius 2 is 1.65 bits per heavy atom. The zero-order valence-corrected chi connectivity index (χ0v) is 16.9. The van der Waals surface area contributed by atoms with E-state index in [1.54, 1.807) is 0 Å². The van der Waals surface area contributed by atoms with E-state index < -0.39 is 0 Å². The first kappa shape index (κ1) is 19.2. The zero-order valence-electron chi connectivity index (χ0n) is 16.9. The molecule has 0 unspecified atom stereocenters. The molecule has 0 amide bonds. The van der Waals surface area contributed by atoms with E-state index in [1.807, 2.05) is 0 Å². The van der Waals surface area contributed by atoms with Crippen LogP contribution in [0, 0.1) is 20.8 Å². The molecule has 1 aromatic rings. The number of hydrogen-bond acceptors (Lipinski definition) is 3. The molecule has 1 saturated heterocycles. The number of nitrogens with zero attached hydrogens (tertiary/aromatic N) is 3. The molecule has 3 rings (SSSR count). The molecule has 1 saturated carbocycles. The molecule has 2 aliphatic rings. The van der Waals surface area contributed by atoms with Crippen LogP contribution < -0.4 is 11.1 Å². The fraction of sp³-hybridized carbons (Fsp3) is 0.667. The minimum Gasteiger partial charge on any atom is -0.340 e. The normalized spacial score (nSPS) is 25.4. The van der Waals surface area contributed by atoms with Gasteiger partial charge >= 0.3 is 0 Å². The summed E-state index contributed by atoms with van der Waals surface area (Å²) >= 11 is 0. The quantitative estimate of drug-likeness (QED) is 0.631. The van der Waals surface area contributed by atoms with Crippen molar-refractivity contribution in [3.05, 3.63) is 28.8 Å². The lowest BCUT2D eigenvalue weighted by Crippen LogP contribution is -2.50. The van der Waals surface area contributed by atoms with Gasteiger partial charge in [0, 0.05) is 37.9 Å². The van der Waals surface area contributed by atoms with Crippen molar-refractivity contribution in [3.8, 4) is 0 Å². The molecule has 5 nitrogen and oxygen atoms in total. The predicted octanol–water partition coefficient (Wildman–Crippen LogP) is 2.90. The Bertz CT molecular complexity index is 623. The average Bonchev–Trinajstić information content (AvgIpc) is 2.59. The van der Waals surface area contributed by atoms with Crippen molar-refractivity contribution in [2.24, 2.45) is 10.7 Å². The van der Waals surface area contributed by atoms with Crippen LogP contribution in [0.3, 0.4) is 0 Å². The molecule has 5 heteroatoms. The monoisotopic (exact) mass is 357 g/mol. The Hall–Kier alpha value is -1.59. The molecule has 0 radical (unpaired) electrons. The third kappa shape index (κ3) is 4.57. The first-order chi connectivity index (χ1) is 12.4. The largest absolute Gasteiger partial charge is 0.340 e. The van der Waals surface area contributed by atoms with E-state index in [4.69, 9.17) is 10.7 Å². The Labute approximate surface area is 158 Å². The fourth-order valence-electron chi connectivity index (χ4n) is 4.16. The zero-order chi connectivity index (χ0) is 18.7. The summed E-state index contributed by atoms with van der Waals surface area (Å²) in [6.07, 6.45) is 4.67. The van der Waals surface area contributed by atoms with Crippen molar-refractivity contribution in [2.45, 2.75) is 58.5 Å². The molecule has 2 atom stereocenters. The molecule has 0 aromatic heterocycles. The number of hydrogen-bond donors (Lipinski definition) is 2. The van der Waals surface area contributed by atoms with Crippen molar-refractivity contribution >= 4 is 11.6 Å². The Kier molecular flexibility index (Phi) is 6.20. The highest BCUT2D eigenvalue weighted by Crippen LogP contribution is 2.24. The second-order valence-electron chi connectivity index (χ2n) is 8.16. The summed E-state index contributed by atoms with van der Waals surface area (Å²) < 4.78 is 0. The lowest BCUT2D eigenvalue weighted by molar-refractivity contribution is 0.214. The van der Waals surface area contributed by atoms with Gasteiger partial charge < -0.3 is 20.9 Å². The molecule has 26 heavy (non-hydrogen) atoms. The van der Waals surface area contributed by atoms with Crippen LogP contribution in [0.5, 0.6) is 0 Å². The number of likely N-dealkylation sites (N-methyl/N-ethyl adjacent to an activating group) is 1. The summed E-state index contributed by atoms with van der Waals surface area (Å²) in [5.41, 5.74) is 11.4. The van der Waals surface area contributed by atoms with Gasteiger partial charge in [0.15, 0.2) is 5.96 Å². The van der Waals surface area contributed by atoms with Crippen LogP contribution in [-0.4, -0.2) is 61.1 Å². The predicted molar refractivity (Wildman–Crippen MR) is 111 cm³/mol. The van der Waals surface area contributed by atoms with Gasteiger partial charge in [0.25, 0.3) is 0 Å². The maximum atomic E-state index is 6.39. The summed E-state index contributed by atoms with van der Waals surface area (Å²) in [6.45, 7) is 10.7. The number of piperazine rings is 1. The standard InChI is InChI=1S/C21H35N5/c1-15-13-16(2)20(17(3)14-15)24-21(26-11-9-25(4)10-12-26)23-19-8-6-5-7-18(19)22/h13-14,18-19H,5-12,22H2,1-4H3,(H,23,24)/t18-,19-/m0/s1. The van der Waals surface area contributed by atoms with Crippen molar-refractivity contribution in [1.82, 2.24) is 9.80 Å². The van der Waals surface area contributed by atoms with Gasteiger partial charge in [0.1, 0.15) is 0 Å². The number of benzene rings is 1. The minimum atomic E-state index is 0.188. The van der Waals surface area contributed by atoms with Crippen molar-refractivity contribution in [2.75, 3.05) is 38.5 Å². The number of aliphatic imine (C=N–C) groups is 1. The van der Waals surface area contributed by atoms with E-state index in [9.17, 15) is 0 Å².